The van der Waals surface area contributed by atoms with Crippen molar-refractivity contribution in [3.8, 4) is 0 Å². The number of hydrogen-bond acceptors (Lipinski definition) is 2. The van der Waals surface area contributed by atoms with Gasteiger partial charge in [0.15, 0.2) is 16.6 Å². The molecule has 43 heavy (non-hydrogen) atoms. The van der Waals surface area contributed by atoms with E-state index in [0.29, 0.717) is 23.0 Å². The first-order valence-electron chi connectivity index (χ1n) is 19.9. The molecule has 4 heteroatoms. The molecule has 0 N–H and O–H groups in total. The van der Waals surface area contributed by atoms with Crippen LogP contribution in [-0.2, 0) is 8.85 Å². The Kier molecular flexibility index (Phi) is 13.0. The van der Waals surface area contributed by atoms with Gasteiger partial charge in [-0.15, -0.1) is 0 Å². The highest BCUT2D eigenvalue weighted by Crippen LogP contribution is 2.68. The van der Waals surface area contributed by atoms with Gasteiger partial charge in [0, 0.05) is 12.2 Å². The van der Waals surface area contributed by atoms with Gasteiger partial charge in [-0.2, -0.15) is 0 Å². The highest BCUT2D eigenvalue weighted by molar-refractivity contribution is 6.74. The third-order valence-corrected chi connectivity index (χ3v) is 24.5. The summed E-state index contributed by atoms with van der Waals surface area (Å²) in [4.78, 5) is 0. The molecule has 0 aromatic heterocycles. The molecule has 0 heterocycles. The number of rotatable bonds is 17. The van der Waals surface area contributed by atoms with E-state index >= 15 is 0 Å². The van der Waals surface area contributed by atoms with Crippen molar-refractivity contribution in [2.75, 3.05) is 0 Å². The highest BCUT2D eigenvalue weighted by atomic mass is 28.4. The van der Waals surface area contributed by atoms with Gasteiger partial charge in [-0.3, -0.25) is 0 Å². The van der Waals surface area contributed by atoms with Gasteiger partial charge in [-0.1, -0.05) is 93.9 Å². The van der Waals surface area contributed by atoms with E-state index in [2.05, 4.69) is 62.3 Å². The van der Waals surface area contributed by atoms with Gasteiger partial charge >= 0.3 is 0 Å². The predicted octanol–water partition coefficient (Wildman–Crippen LogP) is 12.8. The lowest BCUT2D eigenvalue weighted by atomic mass is 9.44. The van der Waals surface area contributed by atoms with Crippen molar-refractivity contribution in [2.45, 2.75) is 207 Å². The van der Waals surface area contributed by atoms with E-state index in [1.54, 1.807) is 0 Å². The molecule has 0 radical (unpaired) electrons. The van der Waals surface area contributed by atoms with Crippen LogP contribution in [0.15, 0.2) is 0 Å². The van der Waals surface area contributed by atoms with Gasteiger partial charge in [0.2, 0.25) is 0 Å². The lowest BCUT2D eigenvalue weighted by Gasteiger charge is -2.61. The maximum atomic E-state index is 7.43. The third kappa shape index (κ3) is 7.43. The molecule has 4 fully saturated rings. The first kappa shape index (κ1) is 36.2. The molecule has 9 unspecified atom stereocenters. The van der Waals surface area contributed by atoms with E-state index in [4.69, 9.17) is 8.85 Å². The molecule has 0 amide bonds. The van der Waals surface area contributed by atoms with Crippen molar-refractivity contribution >= 4 is 16.6 Å². The Morgan fingerprint density at radius 3 is 1.67 bits per heavy atom. The number of fused-ring (bicyclic) bond motifs is 5. The van der Waals surface area contributed by atoms with Crippen LogP contribution in [0.5, 0.6) is 0 Å². The minimum Gasteiger partial charge on any atom is -0.414 e. The lowest BCUT2D eigenvalue weighted by molar-refractivity contribution is -0.130. The molecule has 9 atom stereocenters. The van der Waals surface area contributed by atoms with Crippen LogP contribution in [0.25, 0.3) is 0 Å². The fraction of sp³-hybridized carbons (Fsp3) is 1.00. The third-order valence-electron chi connectivity index (χ3n) is 14.3. The zero-order valence-corrected chi connectivity index (χ0v) is 32.7. The second-order valence-electron chi connectivity index (χ2n) is 17.1. The van der Waals surface area contributed by atoms with Crippen molar-refractivity contribution in [3.63, 3.8) is 0 Å². The molecule has 0 bridgehead atoms. The largest absolute Gasteiger partial charge is 0.414 e. The summed E-state index contributed by atoms with van der Waals surface area (Å²) in [5.41, 5.74) is 1.06. The van der Waals surface area contributed by atoms with E-state index < -0.39 is 16.6 Å². The average molecular weight is 633 g/mol. The standard InChI is InChI=1S/C39H76O2Si2/c1-10-24-42(25-11-2,26-12-3)40-31(7)35-18-19-36-34-17-16-32-30-33(41-43(27-13-4,28-14-5)29-15-6)20-22-38(32,8)37(34)21-23-39(35,36)9/h31-37H,10-30H2,1-9H3. The first-order chi connectivity index (χ1) is 20.6. The van der Waals surface area contributed by atoms with Crippen LogP contribution < -0.4 is 0 Å². The molecular formula is C39H76O2Si2. The van der Waals surface area contributed by atoms with Gasteiger partial charge < -0.3 is 8.85 Å². The summed E-state index contributed by atoms with van der Waals surface area (Å²) in [7, 11) is -3.22. The first-order valence-corrected chi connectivity index (χ1v) is 25.0. The van der Waals surface area contributed by atoms with Gasteiger partial charge in [-0.25, -0.2) is 0 Å². The second kappa shape index (κ2) is 15.5. The lowest BCUT2D eigenvalue weighted by Crippen LogP contribution is -2.55. The summed E-state index contributed by atoms with van der Waals surface area (Å²) in [5, 5.41) is 0. The van der Waals surface area contributed by atoms with Crippen molar-refractivity contribution in [3.05, 3.63) is 0 Å². The second-order valence-corrected chi connectivity index (χ2v) is 25.3. The zero-order chi connectivity index (χ0) is 31.3. The Morgan fingerprint density at radius 2 is 1.12 bits per heavy atom. The molecule has 0 aliphatic heterocycles. The van der Waals surface area contributed by atoms with Crippen LogP contribution in [-0.4, -0.2) is 28.8 Å². The number of hydrogen-bond donors (Lipinski definition) is 0. The zero-order valence-electron chi connectivity index (χ0n) is 30.7. The maximum absolute atomic E-state index is 7.43. The summed E-state index contributed by atoms with van der Waals surface area (Å²) in [6.07, 6.45) is 21.9. The fourth-order valence-electron chi connectivity index (χ4n) is 12.8. The summed E-state index contributed by atoms with van der Waals surface area (Å²) in [6, 6.07) is 8.29. The van der Waals surface area contributed by atoms with Crippen molar-refractivity contribution < 1.29 is 8.85 Å². The average Bonchev–Trinajstić information content (AvgIpc) is 3.31. The van der Waals surface area contributed by atoms with Crippen LogP contribution in [0.3, 0.4) is 0 Å². The molecular weight excluding hydrogens is 557 g/mol. The molecule has 4 aliphatic rings. The molecule has 0 saturated heterocycles. The van der Waals surface area contributed by atoms with Gasteiger partial charge in [-0.05, 0) is 141 Å². The highest BCUT2D eigenvalue weighted by Gasteiger charge is 2.61. The van der Waals surface area contributed by atoms with Crippen LogP contribution in [0.4, 0.5) is 0 Å². The predicted molar refractivity (Wildman–Crippen MR) is 193 cm³/mol. The van der Waals surface area contributed by atoms with Crippen molar-refractivity contribution in [2.24, 2.45) is 40.4 Å². The van der Waals surface area contributed by atoms with Crippen molar-refractivity contribution in [1.82, 2.24) is 0 Å². The van der Waals surface area contributed by atoms with Crippen LogP contribution in [0.2, 0.25) is 36.3 Å². The fourth-order valence-corrected chi connectivity index (χ4v) is 22.4. The Hall–Kier alpha value is 0.354. The van der Waals surface area contributed by atoms with Gasteiger partial charge in [0.25, 0.3) is 0 Å². The monoisotopic (exact) mass is 633 g/mol. The smallest absolute Gasteiger partial charge is 0.193 e. The molecule has 4 rings (SSSR count). The molecule has 0 aromatic carbocycles. The Balaban J connectivity index is 1.45. The normalized spacial score (nSPS) is 37.0. The SMILES string of the molecule is CCC[Si](CCC)(CCC)OC1CCC2(C)C(CCC3C2CCC2(C)C(C(C)O[Si](CCC)(CCC)CCC)CCC32)C1. The molecule has 4 aliphatic carbocycles. The Labute approximate surface area is 272 Å². The molecule has 2 nitrogen and oxygen atoms in total. The summed E-state index contributed by atoms with van der Waals surface area (Å²) in [6.45, 7) is 22.4. The quantitative estimate of drug-likeness (QED) is 0.149. The van der Waals surface area contributed by atoms with Crippen LogP contribution in [0.1, 0.15) is 159 Å². The van der Waals surface area contributed by atoms with E-state index in [1.165, 1.54) is 133 Å². The molecule has 0 aromatic rings. The van der Waals surface area contributed by atoms with Crippen LogP contribution in [0, 0.1) is 40.4 Å². The molecule has 252 valence electrons. The topological polar surface area (TPSA) is 18.5 Å². The molecule has 4 saturated carbocycles. The van der Waals surface area contributed by atoms with E-state index in [-0.39, 0.29) is 0 Å². The summed E-state index contributed by atoms with van der Waals surface area (Å²) in [5.74, 6) is 4.54. The van der Waals surface area contributed by atoms with E-state index in [0.717, 1.165) is 29.6 Å². The van der Waals surface area contributed by atoms with Crippen LogP contribution >= 0.6 is 0 Å². The minimum atomic E-state index is -1.63. The Bertz CT molecular complexity index is 813. The maximum Gasteiger partial charge on any atom is 0.193 e. The van der Waals surface area contributed by atoms with Gasteiger partial charge in [0.1, 0.15) is 0 Å². The van der Waals surface area contributed by atoms with E-state index in [1.807, 2.05) is 0 Å². The minimum absolute atomic E-state index is 0.459. The van der Waals surface area contributed by atoms with Gasteiger partial charge in [0.05, 0.1) is 0 Å². The molecule has 0 spiro atoms. The summed E-state index contributed by atoms with van der Waals surface area (Å²) < 4.78 is 14.8. The van der Waals surface area contributed by atoms with Crippen molar-refractivity contribution in [1.29, 1.82) is 0 Å². The van der Waals surface area contributed by atoms with E-state index in [9.17, 15) is 0 Å². The Morgan fingerprint density at radius 1 is 0.605 bits per heavy atom. The summed E-state index contributed by atoms with van der Waals surface area (Å²) >= 11 is 0.